The number of rotatable bonds is 21. The zero-order valence-electron chi connectivity index (χ0n) is 27.1. The Morgan fingerprint density at radius 1 is 0.500 bits per heavy atom. The Bertz CT molecular complexity index is 1370. The van der Waals surface area contributed by atoms with Gasteiger partial charge in [0.2, 0.25) is 0 Å². The molecule has 0 aliphatic heterocycles. The van der Waals surface area contributed by atoms with E-state index in [0.29, 0.717) is 45.4 Å². The summed E-state index contributed by atoms with van der Waals surface area (Å²) in [6.07, 6.45) is 4.59. The molecular formula is C39H48O7. The summed E-state index contributed by atoms with van der Waals surface area (Å²) < 4.78 is 28.7. The fourth-order valence-electron chi connectivity index (χ4n) is 5.01. The number of hydrogen-bond donors (Lipinski definition) is 2. The Morgan fingerprint density at radius 2 is 0.913 bits per heavy atom. The Morgan fingerprint density at radius 3 is 1.43 bits per heavy atom. The quantitative estimate of drug-likeness (QED) is 0.0731. The van der Waals surface area contributed by atoms with E-state index in [1.807, 2.05) is 55.5 Å². The SMILES string of the molecule is CC(CCCc1ccc(Cc2ccc(O)cc2)cc1)OCCOCCOCCOC(C)Oc1ccc(Cc2ccc(O)cc2)cc1. The van der Waals surface area contributed by atoms with E-state index < -0.39 is 0 Å². The standard InChI is InChI=1S/C39H48O7/c1-30(4-3-5-32-6-8-33(9-7-32)28-34-10-16-37(40)17-11-34)44-26-24-42-22-23-43-25-27-45-31(2)46-39-20-14-36(15-21-39)29-35-12-18-38(41)19-13-35/h6-21,30-31,40-41H,3-5,22-29H2,1-2H3. The second kappa shape index (κ2) is 19.6. The van der Waals surface area contributed by atoms with Gasteiger partial charge in [0.15, 0.2) is 6.29 Å². The summed E-state index contributed by atoms with van der Waals surface area (Å²) in [7, 11) is 0. The molecule has 0 bridgehead atoms. The molecule has 0 saturated carbocycles. The molecule has 0 saturated heterocycles. The summed E-state index contributed by atoms with van der Waals surface area (Å²) in [5.74, 6) is 1.33. The minimum Gasteiger partial charge on any atom is -0.508 e. The van der Waals surface area contributed by atoms with Gasteiger partial charge < -0.3 is 33.9 Å². The van der Waals surface area contributed by atoms with Crippen molar-refractivity contribution in [2.24, 2.45) is 0 Å². The normalized spacial score (nSPS) is 12.6. The highest BCUT2D eigenvalue weighted by atomic mass is 16.7. The van der Waals surface area contributed by atoms with Crippen LogP contribution >= 0.6 is 0 Å². The van der Waals surface area contributed by atoms with Crippen LogP contribution in [0.15, 0.2) is 97.1 Å². The Kier molecular flexibility index (Phi) is 14.9. The number of phenols is 2. The Labute approximate surface area is 273 Å². The van der Waals surface area contributed by atoms with Crippen LogP contribution in [0.5, 0.6) is 17.2 Å². The lowest BCUT2D eigenvalue weighted by atomic mass is 10.0. The molecule has 0 spiro atoms. The van der Waals surface area contributed by atoms with Crippen LogP contribution in [0.1, 0.15) is 54.5 Å². The van der Waals surface area contributed by atoms with Gasteiger partial charge in [-0.1, -0.05) is 60.7 Å². The van der Waals surface area contributed by atoms with Crippen molar-refractivity contribution in [3.05, 3.63) is 125 Å². The van der Waals surface area contributed by atoms with Crippen LogP contribution in [0, 0.1) is 0 Å². The number of hydrogen-bond acceptors (Lipinski definition) is 7. The van der Waals surface area contributed by atoms with Gasteiger partial charge in [-0.15, -0.1) is 0 Å². The van der Waals surface area contributed by atoms with Gasteiger partial charge in [-0.3, -0.25) is 0 Å². The number of aryl methyl sites for hydroxylation is 1. The second-order valence-corrected chi connectivity index (χ2v) is 11.5. The molecule has 2 atom stereocenters. The average molecular weight is 629 g/mol. The maximum atomic E-state index is 9.44. The topological polar surface area (TPSA) is 86.6 Å². The number of ether oxygens (including phenoxy) is 5. The minimum atomic E-state index is -0.384. The van der Waals surface area contributed by atoms with Gasteiger partial charge in [-0.25, -0.2) is 0 Å². The maximum Gasteiger partial charge on any atom is 0.197 e. The van der Waals surface area contributed by atoms with E-state index in [1.165, 1.54) is 22.3 Å². The van der Waals surface area contributed by atoms with E-state index in [4.69, 9.17) is 23.7 Å². The third-order valence-corrected chi connectivity index (χ3v) is 7.60. The molecule has 46 heavy (non-hydrogen) atoms. The first-order valence-corrected chi connectivity index (χ1v) is 16.2. The summed E-state index contributed by atoms with van der Waals surface area (Å²) in [6, 6.07) is 31.4. The zero-order chi connectivity index (χ0) is 32.4. The van der Waals surface area contributed by atoms with Crippen LogP contribution in [0.2, 0.25) is 0 Å². The third kappa shape index (κ3) is 13.6. The summed E-state index contributed by atoms with van der Waals surface area (Å²) >= 11 is 0. The van der Waals surface area contributed by atoms with Crippen LogP contribution in [0.25, 0.3) is 0 Å². The predicted octanol–water partition coefficient (Wildman–Crippen LogP) is 7.48. The Balaban J connectivity index is 0.944. The monoisotopic (exact) mass is 628 g/mol. The first-order chi connectivity index (χ1) is 22.4. The average Bonchev–Trinajstić information content (AvgIpc) is 3.06. The summed E-state index contributed by atoms with van der Waals surface area (Å²) in [5.41, 5.74) is 6.11. The number of aromatic hydroxyl groups is 2. The first-order valence-electron chi connectivity index (χ1n) is 16.2. The molecule has 246 valence electrons. The zero-order valence-corrected chi connectivity index (χ0v) is 27.1. The van der Waals surface area contributed by atoms with Gasteiger partial charge in [0.1, 0.15) is 17.2 Å². The van der Waals surface area contributed by atoms with E-state index in [-0.39, 0.29) is 18.1 Å². The van der Waals surface area contributed by atoms with Crippen LogP contribution in [-0.2, 0) is 38.2 Å². The molecule has 2 N–H and O–H groups in total. The van der Waals surface area contributed by atoms with E-state index in [0.717, 1.165) is 43.4 Å². The van der Waals surface area contributed by atoms with Crippen molar-refractivity contribution in [2.75, 3.05) is 39.6 Å². The van der Waals surface area contributed by atoms with Gasteiger partial charge in [0, 0.05) is 0 Å². The third-order valence-electron chi connectivity index (χ3n) is 7.60. The van der Waals surface area contributed by atoms with Crippen molar-refractivity contribution >= 4 is 0 Å². The van der Waals surface area contributed by atoms with Crippen molar-refractivity contribution < 1.29 is 33.9 Å². The molecule has 2 unspecified atom stereocenters. The molecule has 4 aromatic carbocycles. The molecule has 0 amide bonds. The number of benzene rings is 4. The molecule has 0 aliphatic carbocycles. The highest BCUT2D eigenvalue weighted by molar-refractivity contribution is 5.34. The van der Waals surface area contributed by atoms with Crippen molar-refractivity contribution in [3.8, 4) is 17.2 Å². The largest absolute Gasteiger partial charge is 0.508 e. The van der Waals surface area contributed by atoms with Gasteiger partial charge in [-0.05, 0) is 110 Å². The highest BCUT2D eigenvalue weighted by Crippen LogP contribution is 2.19. The van der Waals surface area contributed by atoms with Crippen LogP contribution in [-0.4, -0.2) is 62.2 Å². The molecule has 7 heteroatoms. The molecule has 7 nitrogen and oxygen atoms in total. The summed E-state index contributed by atoms with van der Waals surface area (Å²) in [4.78, 5) is 0. The van der Waals surface area contributed by atoms with Crippen molar-refractivity contribution in [1.29, 1.82) is 0 Å². The van der Waals surface area contributed by atoms with Crippen LogP contribution in [0.4, 0.5) is 0 Å². The van der Waals surface area contributed by atoms with Crippen LogP contribution < -0.4 is 4.74 Å². The predicted molar refractivity (Wildman–Crippen MR) is 181 cm³/mol. The summed E-state index contributed by atoms with van der Waals surface area (Å²) in [5, 5.41) is 18.9. The molecule has 0 aliphatic rings. The second-order valence-electron chi connectivity index (χ2n) is 11.5. The van der Waals surface area contributed by atoms with E-state index >= 15 is 0 Å². The fourth-order valence-corrected chi connectivity index (χ4v) is 5.01. The smallest absolute Gasteiger partial charge is 0.197 e. The lowest BCUT2D eigenvalue weighted by molar-refractivity contribution is -0.0869. The highest BCUT2D eigenvalue weighted by Gasteiger charge is 2.06. The van der Waals surface area contributed by atoms with Crippen LogP contribution in [0.3, 0.4) is 0 Å². The summed E-state index contributed by atoms with van der Waals surface area (Å²) in [6.45, 7) is 7.03. The molecule has 4 rings (SSSR count). The van der Waals surface area contributed by atoms with E-state index in [9.17, 15) is 10.2 Å². The minimum absolute atomic E-state index is 0.193. The van der Waals surface area contributed by atoms with Crippen molar-refractivity contribution in [1.82, 2.24) is 0 Å². The molecule has 0 aromatic heterocycles. The van der Waals surface area contributed by atoms with Crippen molar-refractivity contribution in [2.45, 2.75) is 58.3 Å². The number of phenolic OH excluding ortho intramolecular Hbond substituents is 2. The van der Waals surface area contributed by atoms with Gasteiger partial charge in [-0.2, -0.15) is 0 Å². The Hall–Kier alpha value is -3.88. The van der Waals surface area contributed by atoms with E-state index in [1.54, 1.807) is 24.3 Å². The molecular weight excluding hydrogens is 580 g/mol. The molecule has 0 fully saturated rings. The van der Waals surface area contributed by atoms with Gasteiger partial charge in [0.05, 0.1) is 45.7 Å². The lowest BCUT2D eigenvalue weighted by Gasteiger charge is -2.16. The lowest BCUT2D eigenvalue weighted by Crippen LogP contribution is -2.20. The molecule has 4 aromatic rings. The molecule has 0 heterocycles. The molecule has 0 radical (unpaired) electrons. The van der Waals surface area contributed by atoms with Gasteiger partial charge >= 0.3 is 0 Å². The van der Waals surface area contributed by atoms with Gasteiger partial charge in [0.25, 0.3) is 0 Å². The fraction of sp³-hybridized carbons (Fsp3) is 0.385. The maximum absolute atomic E-state index is 9.44. The first kappa shape index (κ1) is 35.0. The van der Waals surface area contributed by atoms with E-state index in [2.05, 4.69) is 31.2 Å². The van der Waals surface area contributed by atoms with Crippen molar-refractivity contribution in [3.63, 3.8) is 0 Å².